The molecule has 0 spiro atoms. The van der Waals surface area contributed by atoms with Crippen LogP contribution in [0.4, 0.5) is 5.69 Å². The highest BCUT2D eigenvalue weighted by Crippen LogP contribution is 2.22. The Morgan fingerprint density at radius 3 is 2.75 bits per heavy atom. The van der Waals surface area contributed by atoms with Gasteiger partial charge in [0.25, 0.3) is 0 Å². The second kappa shape index (κ2) is 6.00. The second-order valence-corrected chi connectivity index (χ2v) is 3.32. The first-order valence-electron chi connectivity index (χ1n) is 5.38. The van der Waals surface area contributed by atoms with E-state index in [-0.39, 0.29) is 0 Å². The Labute approximate surface area is 95.3 Å². The standard InChI is InChI=1S/C12H17NO3/c1-3-7-16-12(14)10-8-9(13)5-6-11(10)15-4-2/h5-6,8H,3-4,7,13H2,1-2H3. The summed E-state index contributed by atoms with van der Waals surface area (Å²) in [6.45, 7) is 4.70. The molecular weight excluding hydrogens is 206 g/mol. The predicted molar refractivity (Wildman–Crippen MR) is 62.6 cm³/mol. The summed E-state index contributed by atoms with van der Waals surface area (Å²) in [6, 6.07) is 4.95. The molecule has 1 aromatic rings. The average molecular weight is 223 g/mol. The summed E-state index contributed by atoms with van der Waals surface area (Å²) < 4.78 is 10.4. The van der Waals surface area contributed by atoms with Gasteiger partial charge >= 0.3 is 5.97 Å². The van der Waals surface area contributed by atoms with Crippen LogP contribution >= 0.6 is 0 Å². The summed E-state index contributed by atoms with van der Waals surface area (Å²) in [5, 5.41) is 0. The van der Waals surface area contributed by atoms with Crippen LogP contribution in [-0.4, -0.2) is 19.2 Å². The Balaban J connectivity index is 2.90. The highest BCUT2D eigenvalue weighted by atomic mass is 16.5. The van der Waals surface area contributed by atoms with Crippen LogP contribution in [0.5, 0.6) is 5.75 Å². The van der Waals surface area contributed by atoms with E-state index in [0.29, 0.717) is 30.2 Å². The second-order valence-electron chi connectivity index (χ2n) is 3.32. The molecule has 0 heterocycles. The van der Waals surface area contributed by atoms with Crippen LogP contribution in [0.1, 0.15) is 30.6 Å². The number of ether oxygens (including phenoxy) is 2. The molecule has 0 saturated heterocycles. The summed E-state index contributed by atoms with van der Waals surface area (Å²) in [5.74, 6) is 0.121. The molecule has 2 N–H and O–H groups in total. The molecule has 4 nitrogen and oxygen atoms in total. The molecular formula is C12H17NO3. The van der Waals surface area contributed by atoms with Crippen molar-refractivity contribution in [3.05, 3.63) is 23.8 Å². The van der Waals surface area contributed by atoms with Gasteiger partial charge in [-0.2, -0.15) is 0 Å². The first kappa shape index (κ1) is 12.4. The number of carbonyl (C=O) groups is 1. The van der Waals surface area contributed by atoms with Crippen molar-refractivity contribution in [2.45, 2.75) is 20.3 Å². The highest BCUT2D eigenvalue weighted by Gasteiger charge is 2.13. The van der Waals surface area contributed by atoms with Crippen molar-refractivity contribution in [2.24, 2.45) is 0 Å². The third kappa shape index (κ3) is 3.15. The topological polar surface area (TPSA) is 61.5 Å². The SMILES string of the molecule is CCCOC(=O)c1cc(N)ccc1OCC. The zero-order chi connectivity index (χ0) is 12.0. The lowest BCUT2D eigenvalue weighted by Gasteiger charge is -2.10. The van der Waals surface area contributed by atoms with Crippen molar-refractivity contribution in [1.29, 1.82) is 0 Å². The van der Waals surface area contributed by atoms with Crippen LogP contribution in [0.15, 0.2) is 18.2 Å². The van der Waals surface area contributed by atoms with E-state index < -0.39 is 5.97 Å². The summed E-state index contributed by atoms with van der Waals surface area (Å²) in [7, 11) is 0. The molecule has 0 aliphatic rings. The lowest BCUT2D eigenvalue weighted by molar-refractivity contribution is 0.0501. The van der Waals surface area contributed by atoms with Gasteiger partial charge in [-0.15, -0.1) is 0 Å². The normalized spacial score (nSPS) is 9.88. The van der Waals surface area contributed by atoms with Crippen LogP contribution in [0, 0.1) is 0 Å². The van der Waals surface area contributed by atoms with Gasteiger partial charge in [-0.3, -0.25) is 0 Å². The van der Waals surface area contributed by atoms with Gasteiger partial charge in [-0.1, -0.05) is 6.92 Å². The van der Waals surface area contributed by atoms with E-state index in [2.05, 4.69) is 0 Å². The van der Waals surface area contributed by atoms with Crippen LogP contribution in [0.2, 0.25) is 0 Å². The lowest BCUT2D eigenvalue weighted by Crippen LogP contribution is -2.09. The third-order valence-electron chi connectivity index (χ3n) is 1.96. The van der Waals surface area contributed by atoms with E-state index >= 15 is 0 Å². The van der Waals surface area contributed by atoms with Crippen molar-refractivity contribution in [3.8, 4) is 5.75 Å². The Kier molecular flexibility index (Phi) is 4.64. The summed E-state index contributed by atoms with van der Waals surface area (Å²) >= 11 is 0. The highest BCUT2D eigenvalue weighted by molar-refractivity contribution is 5.93. The molecule has 0 fully saturated rings. The average Bonchev–Trinajstić information content (AvgIpc) is 2.28. The minimum Gasteiger partial charge on any atom is -0.493 e. The van der Waals surface area contributed by atoms with Crippen molar-refractivity contribution in [3.63, 3.8) is 0 Å². The van der Waals surface area contributed by atoms with E-state index in [0.717, 1.165) is 6.42 Å². The summed E-state index contributed by atoms with van der Waals surface area (Å²) in [5.41, 5.74) is 6.53. The maximum Gasteiger partial charge on any atom is 0.341 e. The van der Waals surface area contributed by atoms with Gasteiger partial charge in [-0.25, -0.2) is 4.79 Å². The Morgan fingerprint density at radius 2 is 2.12 bits per heavy atom. The van der Waals surface area contributed by atoms with Gasteiger partial charge in [0, 0.05) is 5.69 Å². The monoisotopic (exact) mass is 223 g/mol. The van der Waals surface area contributed by atoms with Crippen molar-refractivity contribution >= 4 is 11.7 Å². The van der Waals surface area contributed by atoms with Crippen LogP contribution < -0.4 is 10.5 Å². The fourth-order valence-electron chi connectivity index (χ4n) is 1.26. The number of carbonyl (C=O) groups excluding carboxylic acids is 1. The molecule has 4 heteroatoms. The summed E-state index contributed by atoms with van der Waals surface area (Å²) in [6.07, 6.45) is 0.790. The van der Waals surface area contributed by atoms with Crippen LogP contribution in [-0.2, 0) is 4.74 Å². The van der Waals surface area contributed by atoms with E-state index in [1.807, 2.05) is 13.8 Å². The first-order chi connectivity index (χ1) is 7.69. The smallest absolute Gasteiger partial charge is 0.341 e. The van der Waals surface area contributed by atoms with E-state index in [1.165, 1.54) is 0 Å². The van der Waals surface area contributed by atoms with E-state index in [9.17, 15) is 4.79 Å². The predicted octanol–water partition coefficient (Wildman–Crippen LogP) is 2.23. The van der Waals surface area contributed by atoms with Gasteiger partial charge in [0.1, 0.15) is 11.3 Å². The molecule has 0 aromatic heterocycles. The fourth-order valence-corrected chi connectivity index (χ4v) is 1.26. The number of hydrogen-bond donors (Lipinski definition) is 1. The lowest BCUT2D eigenvalue weighted by atomic mass is 10.2. The first-order valence-corrected chi connectivity index (χ1v) is 5.38. The van der Waals surface area contributed by atoms with Crippen molar-refractivity contribution in [2.75, 3.05) is 18.9 Å². The number of rotatable bonds is 5. The molecule has 0 unspecified atom stereocenters. The molecule has 1 rings (SSSR count). The number of benzene rings is 1. The number of nitrogen functional groups attached to an aromatic ring is 1. The maximum atomic E-state index is 11.7. The Morgan fingerprint density at radius 1 is 1.38 bits per heavy atom. The Hall–Kier alpha value is -1.71. The van der Waals surface area contributed by atoms with Gasteiger partial charge in [0.05, 0.1) is 13.2 Å². The zero-order valence-corrected chi connectivity index (χ0v) is 9.66. The molecule has 88 valence electrons. The largest absolute Gasteiger partial charge is 0.493 e. The van der Waals surface area contributed by atoms with E-state index in [1.54, 1.807) is 18.2 Å². The molecule has 0 aliphatic carbocycles. The molecule has 0 bridgehead atoms. The van der Waals surface area contributed by atoms with Crippen LogP contribution in [0.25, 0.3) is 0 Å². The number of esters is 1. The van der Waals surface area contributed by atoms with Crippen LogP contribution in [0.3, 0.4) is 0 Å². The number of nitrogens with two attached hydrogens (primary N) is 1. The van der Waals surface area contributed by atoms with Gasteiger partial charge in [0.15, 0.2) is 0 Å². The van der Waals surface area contributed by atoms with Crippen molar-refractivity contribution < 1.29 is 14.3 Å². The molecule has 0 radical (unpaired) electrons. The quantitative estimate of drug-likeness (QED) is 0.614. The summed E-state index contributed by atoms with van der Waals surface area (Å²) in [4.78, 5) is 11.7. The number of hydrogen-bond acceptors (Lipinski definition) is 4. The molecule has 0 atom stereocenters. The van der Waals surface area contributed by atoms with Gasteiger partial charge < -0.3 is 15.2 Å². The van der Waals surface area contributed by atoms with Crippen molar-refractivity contribution in [1.82, 2.24) is 0 Å². The minimum absolute atomic E-state index is 0.385. The van der Waals surface area contributed by atoms with Gasteiger partial charge in [-0.05, 0) is 31.5 Å². The number of anilines is 1. The zero-order valence-electron chi connectivity index (χ0n) is 9.66. The molecule has 0 saturated carbocycles. The molecule has 1 aromatic carbocycles. The van der Waals surface area contributed by atoms with Gasteiger partial charge in [0.2, 0.25) is 0 Å². The third-order valence-corrected chi connectivity index (χ3v) is 1.96. The fraction of sp³-hybridized carbons (Fsp3) is 0.417. The molecule has 0 aliphatic heterocycles. The Bertz CT molecular complexity index is 363. The maximum absolute atomic E-state index is 11.7. The molecule has 16 heavy (non-hydrogen) atoms. The minimum atomic E-state index is -0.391. The molecule has 0 amide bonds. The van der Waals surface area contributed by atoms with E-state index in [4.69, 9.17) is 15.2 Å².